The van der Waals surface area contributed by atoms with Gasteiger partial charge in [-0.3, -0.25) is 0 Å². The summed E-state index contributed by atoms with van der Waals surface area (Å²) in [7, 11) is 1.51. The Morgan fingerprint density at radius 3 is 2.52 bits per heavy atom. The van der Waals surface area contributed by atoms with Crippen molar-refractivity contribution in [3.8, 4) is 5.75 Å². The molecule has 0 radical (unpaired) electrons. The Hall–Kier alpha value is -2.50. The third-order valence-electron chi connectivity index (χ3n) is 2.93. The number of carbonyl (C=O) groups is 2. The molecule has 0 aliphatic carbocycles. The van der Waals surface area contributed by atoms with Crippen LogP contribution in [-0.4, -0.2) is 42.2 Å². The number of rotatable bonds is 6. The van der Waals surface area contributed by atoms with Crippen LogP contribution in [0.4, 0.5) is 10.5 Å². The number of benzene rings is 1. The Kier molecular flexibility index (Phi) is 6.26. The molecular formula is C15H20N2O4. The number of nitrogens with one attached hydrogen (secondary N) is 1. The molecule has 6 nitrogen and oxygen atoms in total. The van der Waals surface area contributed by atoms with Gasteiger partial charge in [-0.1, -0.05) is 6.07 Å². The first-order chi connectivity index (χ1) is 10.0. The predicted molar refractivity (Wildman–Crippen MR) is 81.6 cm³/mol. The molecule has 0 aliphatic heterocycles. The number of hydrogen-bond acceptors (Lipinski definition) is 3. The van der Waals surface area contributed by atoms with Gasteiger partial charge in [-0.15, -0.1) is 0 Å². The molecule has 0 saturated carbocycles. The zero-order chi connectivity index (χ0) is 15.8. The van der Waals surface area contributed by atoms with Crippen molar-refractivity contribution in [2.75, 3.05) is 25.5 Å². The number of urea groups is 1. The van der Waals surface area contributed by atoms with Gasteiger partial charge in [-0.25, -0.2) is 9.59 Å². The number of hydrogen-bond donors (Lipinski definition) is 2. The van der Waals surface area contributed by atoms with Crippen molar-refractivity contribution in [3.63, 3.8) is 0 Å². The molecule has 0 heterocycles. The third kappa shape index (κ3) is 4.83. The van der Waals surface area contributed by atoms with Gasteiger partial charge in [-0.05, 0) is 37.6 Å². The van der Waals surface area contributed by atoms with Gasteiger partial charge < -0.3 is 20.1 Å². The molecule has 1 aromatic carbocycles. The van der Waals surface area contributed by atoms with E-state index >= 15 is 0 Å². The second kappa shape index (κ2) is 7.94. The normalized spacial score (nSPS) is 10.4. The lowest BCUT2D eigenvalue weighted by Crippen LogP contribution is -2.34. The molecule has 0 atom stereocenters. The van der Waals surface area contributed by atoms with E-state index in [4.69, 9.17) is 9.84 Å². The van der Waals surface area contributed by atoms with Crippen LogP contribution in [0.15, 0.2) is 24.3 Å². The molecule has 2 N–H and O–H groups in total. The fourth-order valence-electron chi connectivity index (χ4n) is 1.80. The summed E-state index contributed by atoms with van der Waals surface area (Å²) in [6.45, 7) is 4.99. The summed E-state index contributed by atoms with van der Waals surface area (Å²) in [5, 5.41) is 11.4. The summed E-state index contributed by atoms with van der Waals surface area (Å²) in [5.74, 6) is -0.512. The number of carbonyl (C=O) groups excluding carboxylic acids is 1. The summed E-state index contributed by atoms with van der Waals surface area (Å²) in [6, 6.07) is 4.84. The van der Waals surface area contributed by atoms with Crippen molar-refractivity contribution in [2.45, 2.75) is 13.8 Å². The van der Waals surface area contributed by atoms with E-state index in [9.17, 15) is 9.59 Å². The zero-order valence-electron chi connectivity index (χ0n) is 12.4. The highest BCUT2D eigenvalue weighted by Gasteiger charge is 2.12. The second-order valence-electron chi connectivity index (χ2n) is 4.23. The molecule has 1 aromatic rings. The molecule has 0 fully saturated rings. The van der Waals surface area contributed by atoms with Gasteiger partial charge in [0.2, 0.25) is 0 Å². The molecule has 0 saturated heterocycles. The maximum absolute atomic E-state index is 12.1. The monoisotopic (exact) mass is 292 g/mol. The van der Waals surface area contributed by atoms with Gasteiger partial charge in [0, 0.05) is 19.2 Å². The Morgan fingerprint density at radius 1 is 1.33 bits per heavy atom. The summed E-state index contributed by atoms with van der Waals surface area (Å²) in [6.07, 6.45) is 2.49. The largest absolute Gasteiger partial charge is 0.495 e. The van der Waals surface area contributed by atoms with E-state index in [-0.39, 0.29) is 6.03 Å². The molecule has 0 aromatic heterocycles. The first-order valence-corrected chi connectivity index (χ1v) is 6.66. The lowest BCUT2D eigenvalue weighted by molar-refractivity contribution is -0.131. The highest BCUT2D eigenvalue weighted by Crippen LogP contribution is 2.26. The molecule has 0 spiro atoms. The fraction of sp³-hybridized carbons (Fsp3) is 0.333. The van der Waals surface area contributed by atoms with Crippen LogP contribution in [0.5, 0.6) is 5.75 Å². The van der Waals surface area contributed by atoms with Gasteiger partial charge in [0.25, 0.3) is 0 Å². The van der Waals surface area contributed by atoms with E-state index in [2.05, 4.69) is 5.32 Å². The maximum Gasteiger partial charge on any atom is 0.328 e. The number of carboxylic acid groups (broad SMARTS) is 1. The Bertz CT molecular complexity index is 536. The van der Waals surface area contributed by atoms with Crippen molar-refractivity contribution in [1.29, 1.82) is 0 Å². The standard InChI is InChI=1S/C15H20N2O4/c1-4-17(5-2)15(20)16-12-10-11(7-9-14(18)19)6-8-13(12)21-3/h6-10H,4-5H2,1-3H3,(H,16,20)(H,18,19). The van der Waals surface area contributed by atoms with E-state index in [0.29, 0.717) is 30.1 Å². The number of amides is 2. The molecule has 21 heavy (non-hydrogen) atoms. The third-order valence-corrected chi connectivity index (χ3v) is 2.93. The van der Waals surface area contributed by atoms with Crippen molar-refractivity contribution in [1.82, 2.24) is 4.90 Å². The molecule has 6 heteroatoms. The quantitative estimate of drug-likeness (QED) is 0.790. The molecule has 0 unspecified atom stereocenters. The first kappa shape index (κ1) is 16.6. The van der Waals surface area contributed by atoms with Gasteiger partial charge in [0.1, 0.15) is 5.75 Å². The summed E-state index contributed by atoms with van der Waals surface area (Å²) >= 11 is 0. The average molecular weight is 292 g/mol. The Labute approximate surface area is 124 Å². The van der Waals surface area contributed by atoms with Crippen molar-refractivity contribution in [2.24, 2.45) is 0 Å². The number of ether oxygens (including phenoxy) is 1. The van der Waals surface area contributed by atoms with Crippen LogP contribution in [0.1, 0.15) is 19.4 Å². The highest BCUT2D eigenvalue weighted by atomic mass is 16.5. The molecular weight excluding hydrogens is 272 g/mol. The van der Waals surface area contributed by atoms with Crippen LogP contribution in [0, 0.1) is 0 Å². The molecule has 2 amide bonds. The number of methoxy groups -OCH3 is 1. The van der Waals surface area contributed by atoms with E-state index in [1.54, 1.807) is 23.1 Å². The van der Waals surface area contributed by atoms with Gasteiger partial charge >= 0.3 is 12.0 Å². The van der Waals surface area contributed by atoms with Crippen molar-refractivity contribution >= 4 is 23.8 Å². The topological polar surface area (TPSA) is 78.9 Å². The minimum atomic E-state index is -1.03. The summed E-state index contributed by atoms with van der Waals surface area (Å²) in [4.78, 5) is 24.2. The zero-order valence-corrected chi connectivity index (χ0v) is 12.4. The lowest BCUT2D eigenvalue weighted by atomic mass is 10.1. The van der Waals surface area contributed by atoms with Crippen LogP contribution in [0.3, 0.4) is 0 Å². The minimum absolute atomic E-state index is 0.224. The number of anilines is 1. The van der Waals surface area contributed by atoms with Crippen LogP contribution in [-0.2, 0) is 4.79 Å². The second-order valence-corrected chi connectivity index (χ2v) is 4.23. The molecule has 0 bridgehead atoms. The summed E-state index contributed by atoms with van der Waals surface area (Å²) < 4.78 is 5.20. The SMILES string of the molecule is CCN(CC)C(=O)Nc1cc(C=CC(=O)O)ccc1OC. The van der Waals surface area contributed by atoms with Crippen molar-refractivity contribution in [3.05, 3.63) is 29.8 Å². The van der Waals surface area contributed by atoms with Crippen LogP contribution in [0.2, 0.25) is 0 Å². The lowest BCUT2D eigenvalue weighted by Gasteiger charge is -2.20. The molecule has 114 valence electrons. The summed E-state index contributed by atoms with van der Waals surface area (Å²) in [5.41, 5.74) is 1.16. The van der Waals surface area contributed by atoms with Gasteiger partial charge in [0.05, 0.1) is 12.8 Å². The van der Waals surface area contributed by atoms with E-state index in [0.717, 1.165) is 6.08 Å². The molecule has 0 aliphatic rings. The van der Waals surface area contributed by atoms with Crippen LogP contribution < -0.4 is 10.1 Å². The highest BCUT2D eigenvalue weighted by molar-refractivity contribution is 5.92. The van der Waals surface area contributed by atoms with Gasteiger partial charge in [0.15, 0.2) is 0 Å². The van der Waals surface area contributed by atoms with Gasteiger partial charge in [-0.2, -0.15) is 0 Å². The van der Waals surface area contributed by atoms with Crippen LogP contribution >= 0.6 is 0 Å². The predicted octanol–water partition coefficient (Wildman–Crippen LogP) is 2.67. The smallest absolute Gasteiger partial charge is 0.328 e. The van der Waals surface area contributed by atoms with Crippen LogP contribution in [0.25, 0.3) is 6.08 Å². The number of aliphatic carboxylic acids is 1. The molecule has 1 rings (SSSR count). The number of carboxylic acids is 1. The van der Waals surface area contributed by atoms with E-state index < -0.39 is 5.97 Å². The average Bonchev–Trinajstić information content (AvgIpc) is 2.46. The van der Waals surface area contributed by atoms with E-state index in [1.807, 2.05) is 13.8 Å². The minimum Gasteiger partial charge on any atom is -0.495 e. The van der Waals surface area contributed by atoms with Crippen molar-refractivity contribution < 1.29 is 19.4 Å². The first-order valence-electron chi connectivity index (χ1n) is 6.66. The Balaban J connectivity index is 3.00. The van der Waals surface area contributed by atoms with E-state index in [1.165, 1.54) is 13.2 Å². The Morgan fingerprint density at radius 2 is 2.00 bits per heavy atom. The fourth-order valence-corrected chi connectivity index (χ4v) is 1.80. The number of nitrogens with zero attached hydrogens (tertiary/aromatic N) is 1. The maximum atomic E-state index is 12.1.